The third-order valence-corrected chi connectivity index (χ3v) is 7.11. The van der Waals surface area contributed by atoms with Gasteiger partial charge in [0.1, 0.15) is 11.3 Å². The van der Waals surface area contributed by atoms with Crippen LogP contribution in [0.2, 0.25) is 0 Å². The Balaban J connectivity index is 1.39. The van der Waals surface area contributed by atoms with Gasteiger partial charge in [-0.2, -0.15) is 0 Å². The smallest absolute Gasteiger partial charge is 0.307 e. The molecule has 1 saturated heterocycles. The van der Waals surface area contributed by atoms with Crippen molar-refractivity contribution in [3.63, 3.8) is 0 Å². The molecular weight excluding hydrogens is 438 g/mol. The minimum Gasteiger partial charge on any atom is -0.481 e. The topological polar surface area (TPSA) is 66.6 Å². The average molecular weight is 460 g/mol. The molecule has 6 rings (SSSR count). The van der Waals surface area contributed by atoms with Crippen LogP contribution < -0.4 is 0 Å². The fraction of sp³-hybridized carbons (Fsp3) is 0.259. The van der Waals surface area contributed by atoms with Crippen LogP contribution in [0, 0.1) is 17.6 Å². The van der Waals surface area contributed by atoms with Crippen molar-refractivity contribution in [1.29, 1.82) is 0 Å². The van der Waals surface area contributed by atoms with E-state index >= 15 is 8.78 Å². The Kier molecular flexibility index (Phi) is 4.95. The first kappa shape index (κ1) is 21.0. The Bertz CT molecular complexity index is 1420. The van der Waals surface area contributed by atoms with Gasteiger partial charge in [-0.15, -0.1) is 0 Å². The highest BCUT2D eigenvalue weighted by Crippen LogP contribution is 2.43. The third kappa shape index (κ3) is 3.30. The highest BCUT2D eigenvalue weighted by atomic mass is 19.1. The SMILES string of the molecule is O=C(O)C1CCN(C2CCc3c2cc2nc(-c4cccc(-c5ccccc5)c4F)oc2c3F)C1. The second kappa shape index (κ2) is 8.02. The lowest BCUT2D eigenvalue weighted by Crippen LogP contribution is -2.26. The van der Waals surface area contributed by atoms with E-state index in [-0.39, 0.29) is 23.1 Å². The second-order valence-corrected chi connectivity index (χ2v) is 9.03. The minimum atomic E-state index is -0.789. The van der Waals surface area contributed by atoms with Crippen LogP contribution in [0.15, 0.2) is 59.0 Å². The predicted molar refractivity (Wildman–Crippen MR) is 123 cm³/mol. The Hall–Kier alpha value is -3.58. The van der Waals surface area contributed by atoms with Crippen molar-refractivity contribution in [1.82, 2.24) is 9.88 Å². The zero-order chi connectivity index (χ0) is 23.4. The van der Waals surface area contributed by atoms with Gasteiger partial charge in [-0.3, -0.25) is 9.69 Å². The van der Waals surface area contributed by atoms with E-state index in [2.05, 4.69) is 9.88 Å². The number of aromatic nitrogens is 1. The number of oxazole rings is 1. The van der Waals surface area contributed by atoms with Crippen LogP contribution in [0.4, 0.5) is 8.78 Å². The van der Waals surface area contributed by atoms with Gasteiger partial charge in [-0.05, 0) is 54.6 Å². The van der Waals surface area contributed by atoms with Gasteiger partial charge in [-0.1, -0.05) is 42.5 Å². The Morgan fingerprint density at radius 2 is 1.82 bits per heavy atom. The Labute approximate surface area is 194 Å². The number of likely N-dealkylation sites (tertiary alicyclic amines) is 1. The van der Waals surface area contributed by atoms with Crippen LogP contribution in [-0.2, 0) is 11.2 Å². The molecule has 4 aromatic rings. The van der Waals surface area contributed by atoms with Crippen molar-refractivity contribution in [3.05, 3.63) is 77.4 Å². The largest absolute Gasteiger partial charge is 0.481 e. The number of nitrogens with zero attached hydrogens (tertiary/aromatic N) is 2. The second-order valence-electron chi connectivity index (χ2n) is 9.03. The molecule has 0 bridgehead atoms. The molecule has 1 aromatic heterocycles. The number of fused-ring (bicyclic) bond motifs is 2. The van der Waals surface area contributed by atoms with Gasteiger partial charge >= 0.3 is 5.97 Å². The monoisotopic (exact) mass is 460 g/mol. The first-order chi connectivity index (χ1) is 16.5. The summed E-state index contributed by atoms with van der Waals surface area (Å²) >= 11 is 0. The standard InChI is InChI=1S/C27H22F2N2O3/c28-23-17(15-5-2-1-3-6-15)7-4-8-19(23)26-30-21-13-20-18(24(29)25(21)34-26)9-10-22(20)31-12-11-16(14-31)27(32)33/h1-8,13,16,22H,9-12,14H2,(H,32,33). The molecular formula is C27H22F2N2O3. The Morgan fingerprint density at radius 1 is 1.03 bits per heavy atom. The van der Waals surface area contributed by atoms with Gasteiger partial charge < -0.3 is 9.52 Å². The van der Waals surface area contributed by atoms with Crippen molar-refractivity contribution in [3.8, 4) is 22.6 Å². The van der Waals surface area contributed by atoms with E-state index in [0.717, 1.165) is 17.5 Å². The zero-order valence-electron chi connectivity index (χ0n) is 18.3. The van der Waals surface area contributed by atoms with Gasteiger partial charge in [0.05, 0.1) is 11.5 Å². The van der Waals surface area contributed by atoms with Crippen molar-refractivity contribution in [2.24, 2.45) is 5.92 Å². The van der Waals surface area contributed by atoms with Gasteiger partial charge in [0.25, 0.3) is 0 Å². The molecule has 34 heavy (non-hydrogen) atoms. The molecule has 5 nitrogen and oxygen atoms in total. The van der Waals surface area contributed by atoms with Gasteiger partial charge in [0.15, 0.2) is 11.4 Å². The first-order valence-electron chi connectivity index (χ1n) is 11.4. The normalized spacial score (nSPS) is 20.2. The Morgan fingerprint density at radius 3 is 2.59 bits per heavy atom. The van der Waals surface area contributed by atoms with E-state index in [0.29, 0.717) is 42.6 Å². The molecule has 1 aliphatic heterocycles. The molecule has 1 N–H and O–H groups in total. The number of halogens is 2. The number of carboxylic acids is 1. The fourth-order valence-electron chi connectivity index (χ4n) is 5.38. The fourth-order valence-corrected chi connectivity index (χ4v) is 5.38. The number of hydrogen-bond acceptors (Lipinski definition) is 4. The molecule has 0 saturated carbocycles. The summed E-state index contributed by atoms with van der Waals surface area (Å²) in [4.78, 5) is 18.0. The summed E-state index contributed by atoms with van der Waals surface area (Å²) in [7, 11) is 0. The van der Waals surface area contributed by atoms with Gasteiger partial charge in [0, 0.05) is 18.2 Å². The maximum Gasteiger partial charge on any atom is 0.307 e. The van der Waals surface area contributed by atoms with Crippen LogP contribution in [0.1, 0.15) is 30.0 Å². The number of benzene rings is 3. The lowest BCUT2D eigenvalue weighted by Gasteiger charge is -2.24. The number of carbonyl (C=O) groups is 1. The summed E-state index contributed by atoms with van der Waals surface area (Å²) in [6, 6.07) is 16.0. The van der Waals surface area contributed by atoms with Crippen LogP contribution in [0.3, 0.4) is 0 Å². The molecule has 3 aromatic carbocycles. The number of rotatable bonds is 4. The first-order valence-corrected chi connectivity index (χ1v) is 11.4. The van der Waals surface area contributed by atoms with Crippen LogP contribution >= 0.6 is 0 Å². The van der Waals surface area contributed by atoms with Crippen molar-refractivity contribution in [2.45, 2.75) is 25.3 Å². The average Bonchev–Trinajstić information content (AvgIpc) is 3.58. The quantitative estimate of drug-likeness (QED) is 0.415. The molecule has 2 heterocycles. The summed E-state index contributed by atoms with van der Waals surface area (Å²) in [5.41, 5.74) is 3.12. The van der Waals surface area contributed by atoms with E-state index in [1.165, 1.54) is 0 Å². The predicted octanol–water partition coefficient (Wildman–Crippen LogP) is 5.83. The van der Waals surface area contributed by atoms with E-state index in [1.54, 1.807) is 18.2 Å². The number of hydrogen-bond donors (Lipinski definition) is 1. The highest BCUT2D eigenvalue weighted by Gasteiger charge is 2.37. The van der Waals surface area contributed by atoms with E-state index < -0.39 is 23.5 Å². The molecule has 0 spiro atoms. The molecule has 1 fully saturated rings. The third-order valence-electron chi connectivity index (χ3n) is 7.11. The summed E-state index contributed by atoms with van der Waals surface area (Å²) in [6.45, 7) is 1.13. The lowest BCUT2D eigenvalue weighted by atomic mass is 10.0. The minimum absolute atomic E-state index is 0.0312. The molecule has 172 valence electrons. The molecule has 2 unspecified atom stereocenters. The molecule has 2 atom stereocenters. The molecule has 2 aliphatic rings. The maximum atomic E-state index is 15.5. The van der Waals surface area contributed by atoms with E-state index in [4.69, 9.17) is 4.42 Å². The van der Waals surface area contributed by atoms with Gasteiger partial charge in [-0.25, -0.2) is 13.8 Å². The molecule has 0 radical (unpaired) electrons. The van der Waals surface area contributed by atoms with E-state index in [1.807, 2.05) is 36.4 Å². The zero-order valence-corrected chi connectivity index (χ0v) is 18.3. The number of aliphatic carboxylic acids is 1. The van der Waals surface area contributed by atoms with Crippen molar-refractivity contribution >= 4 is 17.1 Å². The van der Waals surface area contributed by atoms with E-state index in [9.17, 15) is 9.90 Å². The maximum absolute atomic E-state index is 15.5. The van der Waals surface area contributed by atoms with Crippen LogP contribution in [-0.4, -0.2) is 34.0 Å². The summed E-state index contributed by atoms with van der Waals surface area (Å²) < 4.78 is 36.7. The molecule has 0 amide bonds. The molecule has 7 heteroatoms. The molecule has 1 aliphatic carbocycles. The van der Waals surface area contributed by atoms with Gasteiger partial charge in [0.2, 0.25) is 5.89 Å². The summed E-state index contributed by atoms with van der Waals surface area (Å²) in [6.07, 6.45) is 1.87. The van der Waals surface area contributed by atoms with Crippen molar-refractivity contribution in [2.75, 3.05) is 13.1 Å². The highest BCUT2D eigenvalue weighted by molar-refractivity contribution is 5.81. The number of carboxylic acid groups (broad SMARTS) is 1. The van der Waals surface area contributed by atoms with Crippen LogP contribution in [0.5, 0.6) is 0 Å². The van der Waals surface area contributed by atoms with Crippen LogP contribution in [0.25, 0.3) is 33.7 Å². The lowest BCUT2D eigenvalue weighted by molar-refractivity contribution is -0.141. The van der Waals surface area contributed by atoms with Crippen molar-refractivity contribution < 1.29 is 23.1 Å². The summed E-state index contributed by atoms with van der Waals surface area (Å²) in [5, 5.41) is 9.34. The summed E-state index contributed by atoms with van der Waals surface area (Å²) in [5.74, 6) is -2.07.